The second-order valence-corrected chi connectivity index (χ2v) is 18.8. The summed E-state index contributed by atoms with van der Waals surface area (Å²) in [6.45, 7) is 14.6. The summed E-state index contributed by atoms with van der Waals surface area (Å²) in [4.78, 5) is 10.7. The zero-order chi connectivity index (χ0) is 40.3. The third-order valence-corrected chi connectivity index (χ3v) is 15.4. The summed E-state index contributed by atoms with van der Waals surface area (Å²) in [6.07, 6.45) is 0. The standard InChI is InChI=1S/C55H44N2OS/c1-53(2)44-31-42(34-28-26-33(27-29-34)38-22-15-23-40-39-20-10-12-24-46(39)58-50(38)40)43(32-45(44)54(3,4)55(53,5)6)36-18-14-19-37(30-36)52-56-48(35-16-8-7-9-17-35)51-49(57-52)41-21-11-13-25-47(41)59-51/h7-32H,1-6H3. The molecule has 0 bridgehead atoms. The molecular weight excluding hydrogens is 737 g/mol. The molecule has 0 radical (unpaired) electrons. The molecule has 59 heavy (non-hydrogen) atoms. The summed E-state index contributed by atoms with van der Waals surface area (Å²) < 4.78 is 8.79. The SMILES string of the molecule is CC1(C)c2cc(-c3ccc(-c4cccc5c4oc4ccccc45)cc3)c(-c3cccc(-c4nc(-c5ccccc5)c5sc6ccccc6c5n4)c3)cc2C(C)(C)C1(C)C. The van der Waals surface area contributed by atoms with Gasteiger partial charge in [0.2, 0.25) is 0 Å². The van der Waals surface area contributed by atoms with Crippen molar-refractivity contribution >= 4 is 53.6 Å². The van der Waals surface area contributed by atoms with Crippen LogP contribution in [0.1, 0.15) is 52.7 Å². The van der Waals surface area contributed by atoms with Gasteiger partial charge in [-0.15, -0.1) is 11.3 Å². The average molecular weight is 781 g/mol. The van der Waals surface area contributed by atoms with Gasteiger partial charge in [0.1, 0.15) is 11.2 Å². The molecule has 286 valence electrons. The second-order valence-electron chi connectivity index (χ2n) is 17.8. The summed E-state index contributed by atoms with van der Waals surface area (Å²) in [6, 6.07) is 56.8. The third-order valence-electron chi connectivity index (χ3n) is 14.2. The van der Waals surface area contributed by atoms with Gasteiger partial charge >= 0.3 is 0 Å². The number of furan rings is 1. The van der Waals surface area contributed by atoms with Crippen LogP contribution < -0.4 is 0 Å². The van der Waals surface area contributed by atoms with Crippen LogP contribution in [0.3, 0.4) is 0 Å². The van der Waals surface area contributed by atoms with Crippen LogP contribution >= 0.6 is 11.3 Å². The van der Waals surface area contributed by atoms with E-state index in [0.29, 0.717) is 0 Å². The molecule has 0 saturated heterocycles. The molecule has 0 unspecified atom stereocenters. The van der Waals surface area contributed by atoms with E-state index in [4.69, 9.17) is 14.4 Å². The van der Waals surface area contributed by atoms with Crippen molar-refractivity contribution in [2.45, 2.75) is 52.4 Å². The fourth-order valence-corrected chi connectivity index (χ4v) is 10.9. The van der Waals surface area contributed by atoms with Crippen LogP contribution in [-0.2, 0) is 10.8 Å². The van der Waals surface area contributed by atoms with Crippen LogP contribution in [0.4, 0.5) is 0 Å². The molecular formula is C55H44N2OS. The van der Waals surface area contributed by atoms with Gasteiger partial charge in [-0.3, -0.25) is 0 Å². The number of fused-ring (bicyclic) bond motifs is 7. The monoisotopic (exact) mass is 780 g/mol. The topological polar surface area (TPSA) is 38.9 Å². The number of para-hydroxylation sites is 2. The molecule has 1 aliphatic rings. The molecule has 0 amide bonds. The highest BCUT2D eigenvalue weighted by Gasteiger charge is 2.57. The third kappa shape index (κ3) is 5.25. The molecule has 0 aliphatic heterocycles. The zero-order valence-corrected chi connectivity index (χ0v) is 35.0. The highest BCUT2D eigenvalue weighted by atomic mass is 32.1. The van der Waals surface area contributed by atoms with E-state index in [0.717, 1.165) is 76.9 Å². The Balaban J connectivity index is 1.09. The van der Waals surface area contributed by atoms with Crippen molar-refractivity contribution in [1.82, 2.24) is 9.97 Å². The van der Waals surface area contributed by atoms with Crippen LogP contribution in [0.5, 0.6) is 0 Å². The molecule has 0 N–H and O–H groups in total. The van der Waals surface area contributed by atoms with Gasteiger partial charge in [0.05, 0.1) is 15.9 Å². The predicted octanol–water partition coefficient (Wildman–Crippen LogP) is 15.7. The Morgan fingerprint density at radius 2 is 1.03 bits per heavy atom. The highest BCUT2D eigenvalue weighted by Crippen LogP contribution is 2.62. The first-order valence-electron chi connectivity index (χ1n) is 20.6. The van der Waals surface area contributed by atoms with Crippen molar-refractivity contribution in [3.63, 3.8) is 0 Å². The molecule has 0 spiro atoms. The number of benzene rings is 7. The van der Waals surface area contributed by atoms with Crippen LogP contribution in [0.15, 0.2) is 162 Å². The number of hydrogen-bond donors (Lipinski definition) is 0. The van der Waals surface area contributed by atoms with E-state index >= 15 is 0 Å². The molecule has 7 aromatic carbocycles. The molecule has 3 aromatic heterocycles. The minimum atomic E-state index is -0.0510. The zero-order valence-electron chi connectivity index (χ0n) is 34.2. The smallest absolute Gasteiger partial charge is 0.160 e. The molecule has 0 atom stereocenters. The Morgan fingerprint density at radius 3 is 1.78 bits per heavy atom. The lowest BCUT2D eigenvalue weighted by atomic mass is 9.59. The van der Waals surface area contributed by atoms with E-state index in [-0.39, 0.29) is 16.2 Å². The Kier molecular flexibility index (Phi) is 7.77. The molecule has 3 heterocycles. The maximum atomic E-state index is 6.45. The molecule has 1 aliphatic carbocycles. The predicted molar refractivity (Wildman–Crippen MR) is 249 cm³/mol. The van der Waals surface area contributed by atoms with Gasteiger partial charge in [0.25, 0.3) is 0 Å². The molecule has 0 saturated carbocycles. The van der Waals surface area contributed by atoms with Gasteiger partial charge in [0.15, 0.2) is 5.82 Å². The first kappa shape index (κ1) is 35.8. The van der Waals surface area contributed by atoms with Gasteiger partial charge in [-0.25, -0.2) is 9.97 Å². The molecule has 10 aromatic rings. The van der Waals surface area contributed by atoms with E-state index in [1.165, 1.54) is 32.5 Å². The quantitative estimate of drug-likeness (QED) is 0.175. The number of hydrogen-bond acceptors (Lipinski definition) is 4. The first-order valence-corrected chi connectivity index (χ1v) is 21.4. The van der Waals surface area contributed by atoms with Crippen LogP contribution in [0.2, 0.25) is 0 Å². The summed E-state index contributed by atoms with van der Waals surface area (Å²) in [5, 5.41) is 3.45. The van der Waals surface area contributed by atoms with Gasteiger partial charge in [-0.05, 0) is 85.5 Å². The largest absolute Gasteiger partial charge is 0.455 e. The van der Waals surface area contributed by atoms with E-state index in [9.17, 15) is 0 Å². The summed E-state index contributed by atoms with van der Waals surface area (Å²) in [7, 11) is 0. The normalized spacial score (nSPS) is 15.4. The number of aromatic nitrogens is 2. The summed E-state index contributed by atoms with van der Waals surface area (Å²) in [5.74, 6) is 0.733. The van der Waals surface area contributed by atoms with Gasteiger partial charge in [-0.1, -0.05) is 169 Å². The molecule has 11 rings (SSSR count). The summed E-state index contributed by atoms with van der Waals surface area (Å²) in [5.41, 5.74) is 15.7. The lowest BCUT2D eigenvalue weighted by Gasteiger charge is -2.44. The van der Waals surface area contributed by atoms with E-state index in [1.807, 2.05) is 12.1 Å². The highest BCUT2D eigenvalue weighted by molar-refractivity contribution is 7.26. The van der Waals surface area contributed by atoms with Gasteiger partial charge < -0.3 is 4.42 Å². The van der Waals surface area contributed by atoms with Crippen molar-refractivity contribution in [1.29, 1.82) is 0 Å². The minimum absolute atomic E-state index is 0.0234. The number of thiophene rings is 1. The van der Waals surface area contributed by atoms with Crippen molar-refractivity contribution in [2.75, 3.05) is 0 Å². The lowest BCUT2D eigenvalue weighted by molar-refractivity contribution is 0.125. The van der Waals surface area contributed by atoms with Crippen LogP contribution in [0, 0.1) is 5.41 Å². The Hall–Kier alpha value is -6.36. The minimum Gasteiger partial charge on any atom is -0.455 e. The maximum absolute atomic E-state index is 6.45. The van der Waals surface area contributed by atoms with Gasteiger partial charge in [0, 0.05) is 37.5 Å². The number of rotatable bonds is 5. The second kappa shape index (κ2) is 12.8. The van der Waals surface area contributed by atoms with E-state index in [2.05, 4.69) is 187 Å². The summed E-state index contributed by atoms with van der Waals surface area (Å²) >= 11 is 1.77. The Morgan fingerprint density at radius 1 is 0.458 bits per heavy atom. The first-order chi connectivity index (χ1) is 28.5. The van der Waals surface area contributed by atoms with Gasteiger partial charge in [-0.2, -0.15) is 0 Å². The van der Waals surface area contributed by atoms with Crippen molar-refractivity contribution in [2.24, 2.45) is 5.41 Å². The van der Waals surface area contributed by atoms with Crippen molar-refractivity contribution in [3.8, 4) is 56.0 Å². The fourth-order valence-electron chi connectivity index (χ4n) is 9.71. The van der Waals surface area contributed by atoms with Crippen LogP contribution in [-0.4, -0.2) is 9.97 Å². The molecule has 4 heteroatoms. The van der Waals surface area contributed by atoms with E-state index in [1.54, 1.807) is 11.3 Å². The maximum Gasteiger partial charge on any atom is 0.160 e. The Bertz CT molecular complexity index is 3290. The fraction of sp³-hybridized carbons (Fsp3) is 0.164. The van der Waals surface area contributed by atoms with Crippen LogP contribution in [0.25, 0.3) is 98.3 Å². The van der Waals surface area contributed by atoms with E-state index < -0.39 is 0 Å². The molecule has 3 nitrogen and oxygen atoms in total. The van der Waals surface area contributed by atoms with Crippen molar-refractivity contribution in [3.05, 3.63) is 169 Å². The number of nitrogens with zero attached hydrogens (tertiary/aromatic N) is 2. The average Bonchev–Trinajstić information content (AvgIpc) is 3.87. The lowest BCUT2D eigenvalue weighted by Crippen LogP contribution is -2.42. The van der Waals surface area contributed by atoms with Crippen molar-refractivity contribution < 1.29 is 4.42 Å². The molecule has 0 fully saturated rings. The Labute approximate surface area is 349 Å².